The summed E-state index contributed by atoms with van der Waals surface area (Å²) in [5.41, 5.74) is 1.09. The minimum absolute atomic E-state index is 0.123. The van der Waals surface area contributed by atoms with Crippen LogP contribution in [0.3, 0.4) is 0 Å². The summed E-state index contributed by atoms with van der Waals surface area (Å²) in [5, 5.41) is 11.8. The predicted molar refractivity (Wildman–Crippen MR) is 114 cm³/mol. The molecule has 0 aromatic carbocycles. The lowest BCUT2D eigenvalue weighted by Crippen LogP contribution is -2.34. The number of fused-ring (bicyclic) bond motifs is 1. The average Bonchev–Trinajstić information content (AvgIpc) is 3.41. The SMILES string of the molecule is Cn1cc(Nc2ncc(Cl)c(N3C[C@]4(C)CN(Cc5ccno5)C[C@]4(C)C3)n2)cn1. The maximum Gasteiger partial charge on any atom is 0.229 e. The molecule has 5 heterocycles. The molecule has 2 aliphatic rings. The highest BCUT2D eigenvalue weighted by Gasteiger charge is 2.57. The van der Waals surface area contributed by atoms with Crippen molar-refractivity contribution < 1.29 is 4.52 Å². The van der Waals surface area contributed by atoms with Gasteiger partial charge in [-0.05, 0) is 0 Å². The zero-order chi connectivity index (χ0) is 20.9. The fraction of sp³-hybridized carbons (Fsp3) is 0.500. The Balaban J connectivity index is 1.34. The van der Waals surface area contributed by atoms with Crippen molar-refractivity contribution >= 4 is 29.1 Å². The van der Waals surface area contributed by atoms with Gasteiger partial charge in [-0.25, -0.2) is 4.98 Å². The zero-order valence-corrected chi connectivity index (χ0v) is 18.1. The van der Waals surface area contributed by atoms with E-state index in [1.54, 1.807) is 23.3 Å². The highest BCUT2D eigenvalue weighted by Crippen LogP contribution is 2.53. The number of anilines is 3. The Hall–Kier alpha value is -2.65. The molecule has 0 amide bonds. The van der Waals surface area contributed by atoms with E-state index in [-0.39, 0.29) is 10.8 Å². The van der Waals surface area contributed by atoms with Crippen molar-refractivity contribution in [2.75, 3.05) is 36.4 Å². The van der Waals surface area contributed by atoms with E-state index in [4.69, 9.17) is 21.1 Å². The summed E-state index contributed by atoms with van der Waals surface area (Å²) in [6, 6.07) is 1.93. The van der Waals surface area contributed by atoms with Crippen LogP contribution in [0, 0.1) is 10.8 Å². The quantitative estimate of drug-likeness (QED) is 0.663. The number of aromatic nitrogens is 5. The Labute approximate surface area is 180 Å². The summed E-state index contributed by atoms with van der Waals surface area (Å²) in [6.45, 7) is 9.26. The van der Waals surface area contributed by atoms with Crippen LogP contribution in [0.15, 0.2) is 35.4 Å². The number of rotatable bonds is 5. The monoisotopic (exact) mass is 428 g/mol. The van der Waals surface area contributed by atoms with Gasteiger partial charge in [0, 0.05) is 56.3 Å². The van der Waals surface area contributed by atoms with Crippen LogP contribution in [0.5, 0.6) is 0 Å². The third kappa shape index (κ3) is 3.31. The normalized spacial score (nSPS) is 26.3. The molecule has 3 aromatic heterocycles. The van der Waals surface area contributed by atoms with E-state index in [1.807, 2.05) is 19.3 Å². The van der Waals surface area contributed by atoms with Crippen LogP contribution >= 0.6 is 11.6 Å². The standard InChI is InChI=1S/C20H25ClN8O/c1-19-10-28(9-15-4-5-24-30-15)11-20(19,2)13-29(12-19)17-16(21)7-22-18(26-17)25-14-6-23-27(3)8-14/h4-8H,9-13H2,1-3H3,(H,22,25,26)/t19-,20+. The van der Waals surface area contributed by atoms with Crippen LogP contribution in [0.25, 0.3) is 0 Å². The van der Waals surface area contributed by atoms with E-state index >= 15 is 0 Å². The molecule has 0 aliphatic carbocycles. The van der Waals surface area contributed by atoms with Gasteiger partial charge in [-0.15, -0.1) is 0 Å². The van der Waals surface area contributed by atoms with Crippen molar-refractivity contribution in [2.45, 2.75) is 20.4 Å². The fourth-order valence-corrected chi connectivity index (χ4v) is 5.08. The predicted octanol–water partition coefficient (Wildman–Crippen LogP) is 2.94. The van der Waals surface area contributed by atoms with Crippen molar-refractivity contribution in [3.05, 3.63) is 41.6 Å². The zero-order valence-electron chi connectivity index (χ0n) is 17.3. The molecule has 2 aliphatic heterocycles. The van der Waals surface area contributed by atoms with Gasteiger partial charge in [-0.3, -0.25) is 9.58 Å². The number of likely N-dealkylation sites (tertiary alicyclic amines) is 1. The Morgan fingerprint density at radius 2 is 1.93 bits per heavy atom. The fourth-order valence-electron chi connectivity index (χ4n) is 4.87. The molecule has 0 saturated carbocycles. The summed E-state index contributed by atoms with van der Waals surface area (Å²) < 4.78 is 7.03. The second-order valence-corrected chi connectivity index (χ2v) is 9.40. The van der Waals surface area contributed by atoms with Gasteiger partial charge >= 0.3 is 0 Å². The third-order valence-corrected chi connectivity index (χ3v) is 6.81. The van der Waals surface area contributed by atoms with Gasteiger partial charge in [-0.1, -0.05) is 30.6 Å². The first-order chi connectivity index (χ1) is 14.3. The molecule has 2 atom stereocenters. The lowest BCUT2D eigenvalue weighted by molar-refractivity contribution is 0.212. The van der Waals surface area contributed by atoms with Crippen molar-refractivity contribution in [1.82, 2.24) is 29.8 Å². The molecule has 2 saturated heterocycles. The van der Waals surface area contributed by atoms with Crippen molar-refractivity contribution in [1.29, 1.82) is 0 Å². The molecule has 0 bridgehead atoms. The molecular formula is C20H25ClN8O. The second-order valence-electron chi connectivity index (χ2n) is 8.99. The summed E-state index contributed by atoms with van der Waals surface area (Å²) in [6.07, 6.45) is 6.98. The van der Waals surface area contributed by atoms with Gasteiger partial charge in [0.05, 0.1) is 30.8 Å². The van der Waals surface area contributed by atoms with Crippen LogP contribution in [-0.4, -0.2) is 56.0 Å². The minimum Gasteiger partial charge on any atom is -0.360 e. The number of nitrogens with one attached hydrogen (secondary N) is 1. The smallest absolute Gasteiger partial charge is 0.229 e. The molecule has 9 nitrogen and oxygen atoms in total. The van der Waals surface area contributed by atoms with Gasteiger partial charge in [0.25, 0.3) is 0 Å². The van der Waals surface area contributed by atoms with Gasteiger partial charge in [0.2, 0.25) is 5.95 Å². The maximum atomic E-state index is 6.51. The second kappa shape index (κ2) is 6.95. The van der Waals surface area contributed by atoms with E-state index in [1.165, 1.54) is 0 Å². The Bertz CT molecular complexity index is 1030. The van der Waals surface area contributed by atoms with Crippen LogP contribution in [0.4, 0.5) is 17.5 Å². The number of hydrogen-bond acceptors (Lipinski definition) is 8. The van der Waals surface area contributed by atoms with Crippen LogP contribution < -0.4 is 10.2 Å². The first-order valence-corrected chi connectivity index (χ1v) is 10.4. The molecule has 3 aromatic rings. The van der Waals surface area contributed by atoms with E-state index < -0.39 is 0 Å². The molecule has 158 valence electrons. The van der Waals surface area contributed by atoms with Crippen molar-refractivity contribution in [3.63, 3.8) is 0 Å². The lowest BCUT2D eigenvalue weighted by atomic mass is 9.71. The summed E-state index contributed by atoms with van der Waals surface area (Å²) in [7, 11) is 1.87. The van der Waals surface area contributed by atoms with Gasteiger partial charge in [0.15, 0.2) is 11.6 Å². The van der Waals surface area contributed by atoms with Crippen LogP contribution in [0.2, 0.25) is 5.02 Å². The average molecular weight is 429 g/mol. The lowest BCUT2D eigenvalue weighted by Gasteiger charge is -2.30. The maximum absolute atomic E-state index is 6.51. The van der Waals surface area contributed by atoms with Crippen LogP contribution in [-0.2, 0) is 13.6 Å². The first-order valence-electron chi connectivity index (χ1n) is 9.99. The summed E-state index contributed by atoms with van der Waals surface area (Å²) in [4.78, 5) is 13.8. The number of halogens is 1. The summed E-state index contributed by atoms with van der Waals surface area (Å²) in [5.74, 6) is 2.20. The third-order valence-electron chi connectivity index (χ3n) is 6.54. The first kappa shape index (κ1) is 19.3. The van der Waals surface area contributed by atoms with Crippen molar-refractivity contribution in [3.8, 4) is 0 Å². The van der Waals surface area contributed by atoms with E-state index in [2.05, 4.69) is 44.2 Å². The molecule has 2 fully saturated rings. The minimum atomic E-state index is 0.123. The van der Waals surface area contributed by atoms with Crippen LogP contribution in [0.1, 0.15) is 19.6 Å². The molecule has 10 heteroatoms. The Morgan fingerprint density at radius 1 is 1.17 bits per heavy atom. The molecule has 5 rings (SSSR count). The molecule has 1 N–H and O–H groups in total. The molecule has 0 spiro atoms. The Morgan fingerprint density at radius 3 is 2.57 bits per heavy atom. The number of hydrogen-bond donors (Lipinski definition) is 1. The molecular weight excluding hydrogens is 404 g/mol. The van der Waals surface area contributed by atoms with Gasteiger partial charge < -0.3 is 14.7 Å². The topological polar surface area (TPSA) is 88.1 Å². The Kier molecular flexibility index (Phi) is 4.48. The molecule has 0 radical (unpaired) electrons. The van der Waals surface area contributed by atoms with Crippen molar-refractivity contribution in [2.24, 2.45) is 17.9 Å². The highest BCUT2D eigenvalue weighted by molar-refractivity contribution is 6.32. The van der Waals surface area contributed by atoms with E-state index in [0.717, 1.165) is 50.0 Å². The van der Waals surface area contributed by atoms with E-state index in [9.17, 15) is 0 Å². The molecule has 30 heavy (non-hydrogen) atoms. The number of aryl methyl sites for hydroxylation is 1. The molecule has 0 unspecified atom stereocenters. The summed E-state index contributed by atoms with van der Waals surface area (Å²) >= 11 is 6.51. The van der Waals surface area contributed by atoms with E-state index in [0.29, 0.717) is 11.0 Å². The van der Waals surface area contributed by atoms with Gasteiger partial charge in [-0.2, -0.15) is 10.1 Å². The number of nitrogens with zero attached hydrogens (tertiary/aromatic N) is 7. The highest BCUT2D eigenvalue weighted by atomic mass is 35.5. The van der Waals surface area contributed by atoms with Gasteiger partial charge in [0.1, 0.15) is 5.02 Å². The largest absolute Gasteiger partial charge is 0.360 e.